The predicted octanol–water partition coefficient (Wildman–Crippen LogP) is 2.82. The van der Waals surface area contributed by atoms with Gasteiger partial charge < -0.3 is 4.90 Å². The first kappa shape index (κ1) is 13.5. The lowest BCUT2D eigenvalue weighted by Gasteiger charge is -2.16. The standard InChI is InChI=1S/C13H16N4OS/c1-9-4-10(2)15-12(5-9)16-13(18)17(3)6-11-7-19-8-14-11/h4-5,7-8H,6H2,1-3H3,(H,15,16,18). The van der Waals surface area contributed by atoms with Crippen molar-refractivity contribution < 1.29 is 4.79 Å². The van der Waals surface area contributed by atoms with Crippen LogP contribution in [-0.2, 0) is 6.54 Å². The molecule has 0 atom stereocenters. The molecule has 19 heavy (non-hydrogen) atoms. The Kier molecular flexibility index (Phi) is 4.11. The van der Waals surface area contributed by atoms with E-state index in [4.69, 9.17) is 0 Å². The first-order chi connectivity index (χ1) is 9.04. The fourth-order valence-electron chi connectivity index (χ4n) is 1.74. The van der Waals surface area contributed by atoms with Gasteiger partial charge in [-0.15, -0.1) is 11.3 Å². The number of aryl methyl sites for hydroxylation is 2. The number of amides is 2. The minimum Gasteiger partial charge on any atom is -0.322 e. The van der Waals surface area contributed by atoms with Gasteiger partial charge in [-0.1, -0.05) is 0 Å². The van der Waals surface area contributed by atoms with Gasteiger partial charge in [0.15, 0.2) is 0 Å². The summed E-state index contributed by atoms with van der Waals surface area (Å²) in [5, 5.41) is 4.72. The molecule has 0 aromatic carbocycles. The third-order valence-electron chi connectivity index (χ3n) is 2.56. The van der Waals surface area contributed by atoms with Gasteiger partial charge in [0, 0.05) is 18.1 Å². The summed E-state index contributed by atoms with van der Waals surface area (Å²) in [6.45, 7) is 4.37. The van der Waals surface area contributed by atoms with Crippen LogP contribution >= 0.6 is 11.3 Å². The number of carbonyl (C=O) groups excluding carboxylic acids is 1. The zero-order chi connectivity index (χ0) is 13.8. The monoisotopic (exact) mass is 276 g/mol. The van der Waals surface area contributed by atoms with Crippen molar-refractivity contribution in [2.75, 3.05) is 12.4 Å². The van der Waals surface area contributed by atoms with Gasteiger partial charge in [-0.3, -0.25) is 5.32 Å². The Morgan fingerprint density at radius 1 is 1.42 bits per heavy atom. The number of hydrogen-bond donors (Lipinski definition) is 1. The SMILES string of the molecule is Cc1cc(C)nc(NC(=O)N(C)Cc2cscn2)c1. The second-order valence-corrected chi connectivity index (χ2v) is 5.16. The Labute approximate surface area is 116 Å². The van der Waals surface area contributed by atoms with Crippen LogP contribution in [0.4, 0.5) is 10.6 Å². The Balaban J connectivity index is 2.00. The number of pyridine rings is 1. The van der Waals surface area contributed by atoms with E-state index < -0.39 is 0 Å². The minimum atomic E-state index is -0.189. The lowest BCUT2D eigenvalue weighted by atomic mass is 10.2. The average Bonchev–Trinajstić information content (AvgIpc) is 2.80. The van der Waals surface area contributed by atoms with Gasteiger partial charge in [0.25, 0.3) is 0 Å². The molecule has 2 heterocycles. The molecule has 2 rings (SSSR count). The van der Waals surface area contributed by atoms with Crippen LogP contribution in [0.25, 0.3) is 0 Å². The zero-order valence-corrected chi connectivity index (χ0v) is 12.0. The highest BCUT2D eigenvalue weighted by Gasteiger charge is 2.11. The van der Waals surface area contributed by atoms with E-state index in [2.05, 4.69) is 15.3 Å². The minimum absolute atomic E-state index is 0.189. The third-order valence-corrected chi connectivity index (χ3v) is 3.20. The van der Waals surface area contributed by atoms with E-state index in [1.54, 1.807) is 17.5 Å². The molecule has 0 radical (unpaired) electrons. The normalized spacial score (nSPS) is 10.3. The maximum Gasteiger partial charge on any atom is 0.323 e. The molecule has 0 unspecified atom stereocenters. The highest BCUT2D eigenvalue weighted by Crippen LogP contribution is 2.10. The van der Waals surface area contributed by atoms with E-state index in [0.29, 0.717) is 12.4 Å². The summed E-state index contributed by atoms with van der Waals surface area (Å²) in [4.78, 5) is 22.0. The highest BCUT2D eigenvalue weighted by atomic mass is 32.1. The van der Waals surface area contributed by atoms with Crippen molar-refractivity contribution in [2.45, 2.75) is 20.4 Å². The van der Waals surface area contributed by atoms with E-state index >= 15 is 0 Å². The quantitative estimate of drug-likeness (QED) is 0.937. The largest absolute Gasteiger partial charge is 0.323 e. The number of carbonyl (C=O) groups is 1. The molecule has 100 valence electrons. The number of urea groups is 1. The van der Waals surface area contributed by atoms with Crippen LogP contribution in [0.3, 0.4) is 0 Å². The number of thiazole rings is 1. The summed E-state index contributed by atoms with van der Waals surface area (Å²) in [5.74, 6) is 0.577. The summed E-state index contributed by atoms with van der Waals surface area (Å²) in [5.41, 5.74) is 4.60. The Morgan fingerprint density at radius 3 is 2.84 bits per heavy atom. The molecule has 0 saturated carbocycles. The molecule has 2 aromatic rings. The summed E-state index contributed by atoms with van der Waals surface area (Å²) in [6, 6.07) is 3.63. The Morgan fingerprint density at radius 2 is 2.21 bits per heavy atom. The number of hydrogen-bond acceptors (Lipinski definition) is 4. The highest BCUT2D eigenvalue weighted by molar-refractivity contribution is 7.07. The van der Waals surface area contributed by atoms with Crippen LogP contribution in [-0.4, -0.2) is 27.9 Å². The van der Waals surface area contributed by atoms with Crippen LogP contribution < -0.4 is 5.32 Å². The van der Waals surface area contributed by atoms with Crippen molar-refractivity contribution in [3.63, 3.8) is 0 Å². The van der Waals surface area contributed by atoms with Gasteiger partial charge in [0.2, 0.25) is 0 Å². The van der Waals surface area contributed by atoms with Crippen LogP contribution in [0, 0.1) is 13.8 Å². The first-order valence-electron chi connectivity index (χ1n) is 5.89. The predicted molar refractivity (Wildman–Crippen MR) is 76.3 cm³/mol. The first-order valence-corrected chi connectivity index (χ1v) is 6.83. The maximum absolute atomic E-state index is 12.0. The topological polar surface area (TPSA) is 58.1 Å². The number of nitrogens with one attached hydrogen (secondary N) is 1. The molecule has 0 aliphatic carbocycles. The van der Waals surface area contributed by atoms with Gasteiger partial charge >= 0.3 is 6.03 Å². The number of nitrogens with zero attached hydrogens (tertiary/aromatic N) is 3. The van der Waals surface area contributed by atoms with Gasteiger partial charge in [-0.25, -0.2) is 14.8 Å². The number of anilines is 1. The van der Waals surface area contributed by atoms with E-state index in [0.717, 1.165) is 17.0 Å². The Hall–Kier alpha value is -1.95. The number of aromatic nitrogens is 2. The molecule has 0 bridgehead atoms. The van der Waals surface area contributed by atoms with Crippen molar-refractivity contribution in [1.29, 1.82) is 0 Å². The van der Waals surface area contributed by atoms with Crippen molar-refractivity contribution in [2.24, 2.45) is 0 Å². The van der Waals surface area contributed by atoms with Gasteiger partial charge in [0.05, 0.1) is 17.7 Å². The second kappa shape index (κ2) is 5.79. The van der Waals surface area contributed by atoms with Crippen molar-refractivity contribution in [3.8, 4) is 0 Å². The smallest absolute Gasteiger partial charge is 0.322 e. The van der Waals surface area contributed by atoms with E-state index in [9.17, 15) is 4.79 Å². The van der Waals surface area contributed by atoms with Gasteiger partial charge in [-0.2, -0.15) is 0 Å². The molecule has 0 spiro atoms. The van der Waals surface area contributed by atoms with Crippen molar-refractivity contribution in [3.05, 3.63) is 40.0 Å². The molecule has 5 nitrogen and oxygen atoms in total. The zero-order valence-electron chi connectivity index (χ0n) is 11.2. The van der Waals surface area contributed by atoms with Crippen LogP contribution in [0.2, 0.25) is 0 Å². The van der Waals surface area contributed by atoms with Gasteiger partial charge in [-0.05, 0) is 31.5 Å². The molecular weight excluding hydrogens is 260 g/mol. The molecule has 0 aliphatic heterocycles. The average molecular weight is 276 g/mol. The van der Waals surface area contributed by atoms with Crippen molar-refractivity contribution in [1.82, 2.24) is 14.9 Å². The summed E-state index contributed by atoms with van der Waals surface area (Å²) in [7, 11) is 1.73. The molecular formula is C13H16N4OS. The molecule has 1 N–H and O–H groups in total. The third kappa shape index (κ3) is 3.75. The maximum atomic E-state index is 12.0. The molecule has 2 aromatic heterocycles. The molecule has 0 saturated heterocycles. The Bertz CT molecular complexity index is 548. The number of rotatable bonds is 3. The van der Waals surface area contributed by atoms with Crippen molar-refractivity contribution >= 4 is 23.2 Å². The fourth-order valence-corrected chi connectivity index (χ4v) is 2.29. The van der Waals surface area contributed by atoms with Crippen LogP contribution in [0.5, 0.6) is 0 Å². The van der Waals surface area contributed by atoms with E-state index in [1.165, 1.54) is 11.3 Å². The molecule has 2 amide bonds. The summed E-state index contributed by atoms with van der Waals surface area (Å²) in [6.07, 6.45) is 0. The van der Waals surface area contributed by atoms with E-state index in [1.807, 2.05) is 31.4 Å². The van der Waals surface area contributed by atoms with Crippen LogP contribution in [0.15, 0.2) is 23.0 Å². The lowest BCUT2D eigenvalue weighted by molar-refractivity contribution is 0.220. The molecule has 0 fully saturated rings. The molecule has 6 heteroatoms. The van der Waals surface area contributed by atoms with Gasteiger partial charge in [0.1, 0.15) is 5.82 Å². The van der Waals surface area contributed by atoms with Crippen LogP contribution in [0.1, 0.15) is 17.0 Å². The summed E-state index contributed by atoms with van der Waals surface area (Å²) >= 11 is 1.52. The van der Waals surface area contributed by atoms with E-state index in [-0.39, 0.29) is 6.03 Å². The molecule has 0 aliphatic rings. The fraction of sp³-hybridized carbons (Fsp3) is 0.308. The summed E-state index contributed by atoms with van der Waals surface area (Å²) < 4.78 is 0. The second-order valence-electron chi connectivity index (χ2n) is 4.44. The lowest BCUT2D eigenvalue weighted by Crippen LogP contribution is -2.31.